The Labute approximate surface area is 139 Å². The lowest BCUT2D eigenvalue weighted by Crippen LogP contribution is -2.34. The molecule has 2 atom stereocenters. The van der Waals surface area contributed by atoms with Gasteiger partial charge in [-0.15, -0.1) is 0 Å². The van der Waals surface area contributed by atoms with Crippen LogP contribution in [0.25, 0.3) is 11.1 Å². The van der Waals surface area contributed by atoms with Crippen molar-refractivity contribution in [3.05, 3.63) is 23.8 Å². The number of nitrogen functional groups attached to an aromatic ring is 1. The molecule has 0 aliphatic rings. The number of rotatable bonds is 5. The average Bonchev–Trinajstić information content (AvgIpc) is 2.83. The molecule has 0 saturated carbocycles. The maximum atomic E-state index is 11.5. The number of fused-ring (bicyclic) bond motifs is 1. The van der Waals surface area contributed by atoms with Crippen LogP contribution in [-0.2, 0) is 4.74 Å². The maximum absolute atomic E-state index is 11.5. The van der Waals surface area contributed by atoms with E-state index >= 15 is 0 Å². The zero-order chi connectivity index (χ0) is 17.9. The summed E-state index contributed by atoms with van der Waals surface area (Å²) in [6, 6.07) is 4.90. The minimum Gasteiger partial charge on any atom is -0.444 e. The first-order chi connectivity index (χ1) is 11.2. The predicted molar refractivity (Wildman–Crippen MR) is 88.2 cm³/mol. The number of aliphatic hydroxyl groups is 2. The molecule has 1 amide bonds. The first-order valence-corrected chi connectivity index (χ1v) is 7.64. The van der Waals surface area contributed by atoms with Gasteiger partial charge in [0.25, 0.3) is 6.01 Å². The molecule has 5 N–H and O–H groups in total. The molecule has 1 heterocycles. The highest BCUT2D eigenvalue weighted by atomic mass is 16.6. The minimum atomic E-state index is -1.12. The molecule has 0 spiro atoms. The van der Waals surface area contributed by atoms with Gasteiger partial charge < -0.3 is 30.4 Å². The highest BCUT2D eigenvalue weighted by Crippen LogP contribution is 2.24. The molecule has 0 aliphatic carbocycles. The lowest BCUT2D eigenvalue weighted by molar-refractivity contribution is 0.0123. The summed E-state index contributed by atoms with van der Waals surface area (Å²) < 4.78 is 10.2. The topological polar surface area (TPSA) is 131 Å². The highest BCUT2D eigenvalue weighted by Gasteiger charge is 2.20. The number of hydrogen-bond donors (Lipinski definition) is 4. The van der Waals surface area contributed by atoms with Crippen LogP contribution in [0.2, 0.25) is 0 Å². The molecule has 132 valence electrons. The van der Waals surface area contributed by atoms with Crippen LogP contribution in [0.3, 0.4) is 0 Å². The molecule has 0 bridgehead atoms. The van der Waals surface area contributed by atoms with Gasteiger partial charge in [0.2, 0.25) is 0 Å². The number of aromatic nitrogens is 1. The van der Waals surface area contributed by atoms with Gasteiger partial charge in [0.1, 0.15) is 17.2 Å². The van der Waals surface area contributed by atoms with Crippen LogP contribution in [-0.4, -0.2) is 39.5 Å². The number of hydrogen-bond acceptors (Lipinski definition) is 7. The summed E-state index contributed by atoms with van der Waals surface area (Å²) in [5, 5.41) is 22.8. The fourth-order valence-corrected chi connectivity index (χ4v) is 2.16. The number of anilines is 1. The third-order valence-corrected chi connectivity index (χ3v) is 3.24. The molecule has 2 rings (SSSR count). The Bertz CT molecular complexity index is 707. The van der Waals surface area contributed by atoms with Gasteiger partial charge in [-0.05, 0) is 44.9 Å². The summed E-state index contributed by atoms with van der Waals surface area (Å²) in [5.41, 5.74) is 6.38. The van der Waals surface area contributed by atoms with E-state index in [1.807, 2.05) is 0 Å². The van der Waals surface area contributed by atoms with Crippen LogP contribution in [0.4, 0.5) is 10.8 Å². The molecule has 1 aromatic heterocycles. The largest absolute Gasteiger partial charge is 0.444 e. The fraction of sp³-hybridized carbons (Fsp3) is 0.500. The van der Waals surface area contributed by atoms with E-state index in [1.54, 1.807) is 39.0 Å². The number of oxazole rings is 1. The van der Waals surface area contributed by atoms with Crippen LogP contribution >= 0.6 is 0 Å². The van der Waals surface area contributed by atoms with E-state index in [4.69, 9.17) is 14.9 Å². The standard InChI is InChI=1S/C16H23N3O5/c1-16(2,3)24-15(22)18-7-6-11(20)13(21)9-4-5-12-10(8-9)19-14(17)23-12/h4-5,8,11,13,20-21H,6-7H2,1-3H3,(H2,17,19)(H,18,22). The zero-order valence-electron chi connectivity index (χ0n) is 13.9. The van der Waals surface area contributed by atoms with Gasteiger partial charge in [-0.1, -0.05) is 6.07 Å². The average molecular weight is 337 g/mol. The molecule has 0 aliphatic heterocycles. The third kappa shape index (κ3) is 4.84. The molecule has 0 saturated heterocycles. The maximum Gasteiger partial charge on any atom is 0.407 e. The normalized spacial score (nSPS) is 14.4. The summed E-state index contributed by atoms with van der Waals surface area (Å²) in [7, 11) is 0. The Balaban J connectivity index is 1.88. The number of ether oxygens (including phenoxy) is 1. The second kappa shape index (κ2) is 7.06. The van der Waals surface area contributed by atoms with Crippen LogP contribution in [0.15, 0.2) is 22.6 Å². The first-order valence-electron chi connectivity index (χ1n) is 7.64. The summed E-state index contributed by atoms with van der Waals surface area (Å²) in [4.78, 5) is 15.5. The Morgan fingerprint density at radius 2 is 2.12 bits per heavy atom. The SMILES string of the molecule is CC(C)(C)OC(=O)NCCC(O)C(O)c1ccc2oc(N)nc2c1. The van der Waals surface area contributed by atoms with Gasteiger partial charge in [0, 0.05) is 6.54 Å². The second-order valence-corrected chi connectivity index (χ2v) is 6.51. The fourth-order valence-electron chi connectivity index (χ4n) is 2.16. The molecule has 0 fully saturated rings. The number of alkyl carbamates (subject to hydrolysis) is 1. The van der Waals surface area contributed by atoms with Gasteiger partial charge in [0.15, 0.2) is 5.58 Å². The van der Waals surface area contributed by atoms with Crippen molar-refractivity contribution >= 4 is 23.2 Å². The van der Waals surface area contributed by atoms with Gasteiger partial charge >= 0.3 is 6.09 Å². The van der Waals surface area contributed by atoms with Crippen molar-refractivity contribution < 1.29 is 24.2 Å². The lowest BCUT2D eigenvalue weighted by atomic mass is 10.0. The van der Waals surface area contributed by atoms with Crippen molar-refractivity contribution in [2.75, 3.05) is 12.3 Å². The van der Waals surface area contributed by atoms with E-state index in [9.17, 15) is 15.0 Å². The number of benzene rings is 1. The van der Waals surface area contributed by atoms with Crippen molar-refractivity contribution in [3.8, 4) is 0 Å². The number of nitrogens with one attached hydrogen (secondary N) is 1. The summed E-state index contributed by atoms with van der Waals surface area (Å²) in [6.45, 7) is 5.46. The predicted octanol–water partition coefficient (Wildman–Crippen LogP) is 1.72. The number of nitrogens with two attached hydrogens (primary N) is 1. The van der Waals surface area contributed by atoms with Crippen LogP contribution in [0.1, 0.15) is 38.9 Å². The molecule has 2 unspecified atom stereocenters. The summed E-state index contributed by atoms with van der Waals surface area (Å²) in [5.74, 6) is 0. The molecule has 8 nitrogen and oxygen atoms in total. The number of carbonyl (C=O) groups is 1. The highest BCUT2D eigenvalue weighted by molar-refractivity contribution is 5.75. The van der Waals surface area contributed by atoms with Crippen molar-refractivity contribution in [1.29, 1.82) is 0 Å². The number of amides is 1. The third-order valence-electron chi connectivity index (χ3n) is 3.24. The van der Waals surface area contributed by atoms with Crippen LogP contribution < -0.4 is 11.1 Å². The zero-order valence-corrected chi connectivity index (χ0v) is 13.9. The molecule has 2 aromatic rings. The number of aliphatic hydroxyl groups excluding tert-OH is 2. The smallest absolute Gasteiger partial charge is 0.407 e. The number of carbonyl (C=O) groups excluding carboxylic acids is 1. The number of nitrogens with zero attached hydrogens (tertiary/aromatic N) is 1. The molecule has 24 heavy (non-hydrogen) atoms. The molecule has 8 heteroatoms. The van der Waals surface area contributed by atoms with E-state index < -0.39 is 23.9 Å². The van der Waals surface area contributed by atoms with Crippen molar-refractivity contribution in [3.63, 3.8) is 0 Å². The van der Waals surface area contributed by atoms with Crippen molar-refractivity contribution in [2.24, 2.45) is 0 Å². The Hall–Kier alpha value is -2.32. The molecular weight excluding hydrogens is 314 g/mol. The van der Waals surface area contributed by atoms with Crippen molar-refractivity contribution in [2.45, 2.75) is 45.0 Å². The Morgan fingerprint density at radius 1 is 1.42 bits per heavy atom. The van der Waals surface area contributed by atoms with Gasteiger partial charge in [-0.2, -0.15) is 4.98 Å². The van der Waals surface area contributed by atoms with Crippen LogP contribution in [0, 0.1) is 0 Å². The van der Waals surface area contributed by atoms with E-state index in [0.717, 1.165) is 0 Å². The molecular formula is C16H23N3O5. The van der Waals surface area contributed by atoms with E-state index in [2.05, 4.69) is 10.3 Å². The van der Waals surface area contributed by atoms with E-state index in [-0.39, 0.29) is 19.0 Å². The first kappa shape index (κ1) is 18.0. The Morgan fingerprint density at radius 3 is 2.79 bits per heavy atom. The van der Waals surface area contributed by atoms with Crippen molar-refractivity contribution in [1.82, 2.24) is 10.3 Å². The van der Waals surface area contributed by atoms with Gasteiger partial charge in [-0.25, -0.2) is 4.79 Å². The van der Waals surface area contributed by atoms with Crippen LogP contribution in [0.5, 0.6) is 0 Å². The monoisotopic (exact) mass is 337 g/mol. The second-order valence-electron chi connectivity index (χ2n) is 6.51. The minimum absolute atomic E-state index is 0.0405. The summed E-state index contributed by atoms with van der Waals surface area (Å²) in [6.07, 6.45) is -2.57. The lowest BCUT2D eigenvalue weighted by Gasteiger charge is -2.21. The van der Waals surface area contributed by atoms with Gasteiger partial charge in [-0.3, -0.25) is 0 Å². The summed E-state index contributed by atoms with van der Waals surface area (Å²) >= 11 is 0. The molecule has 0 radical (unpaired) electrons. The van der Waals surface area contributed by atoms with E-state index in [0.29, 0.717) is 16.7 Å². The quantitative estimate of drug-likeness (QED) is 0.653. The van der Waals surface area contributed by atoms with E-state index in [1.165, 1.54) is 0 Å². The molecule has 1 aromatic carbocycles. The van der Waals surface area contributed by atoms with Gasteiger partial charge in [0.05, 0.1) is 6.10 Å². The Kier molecular flexibility index (Phi) is 5.30.